The lowest BCUT2D eigenvalue weighted by atomic mass is 10.0. The van der Waals surface area contributed by atoms with Crippen molar-refractivity contribution in [3.63, 3.8) is 0 Å². The standard InChI is InChI=1S/C23H24N4O2/c1-15(2)17-7-9-19(10-8-17)26-22-13-18(11-12-24-22)23(29)27-21-6-4-5-20(14-21)25-16(3)28/h4-15H,1-3H3,(H,24,26)(H,25,28)(H,27,29). The summed E-state index contributed by atoms with van der Waals surface area (Å²) in [7, 11) is 0. The summed E-state index contributed by atoms with van der Waals surface area (Å²) in [5.74, 6) is 0.630. The van der Waals surface area contributed by atoms with E-state index in [1.807, 2.05) is 12.1 Å². The number of pyridine rings is 1. The Balaban J connectivity index is 1.70. The number of aromatic nitrogens is 1. The van der Waals surface area contributed by atoms with Crippen LogP contribution in [0.25, 0.3) is 0 Å². The number of amides is 2. The summed E-state index contributed by atoms with van der Waals surface area (Å²) < 4.78 is 0. The van der Waals surface area contributed by atoms with Crippen LogP contribution in [0.2, 0.25) is 0 Å². The Morgan fingerprint density at radius 3 is 2.21 bits per heavy atom. The van der Waals surface area contributed by atoms with E-state index in [0.29, 0.717) is 28.7 Å². The summed E-state index contributed by atoms with van der Waals surface area (Å²) in [5.41, 5.74) is 3.86. The van der Waals surface area contributed by atoms with Gasteiger partial charge in [-0.15, -0.1) is 0 Å². The second-order valence-electron chi connectivity index (χ2n) is 7.05. The highest BCUT2D eigenvalue weighted by atomic mass is 16.2. The number of benzene rings is 2. The van der Waals surface area contributed by atoms with E-state index < -0.39 is 0 Å². The summed E-state index contributed by atoms with van der Waals surface area (Å²) in [6.07, 6.45) is 1.59. The van der Waals surface area contributed by atoms with Crippen molar-refractivity contribution in [3.05, 3.63) is 78.0 Å². The molecule has 0 bridgehead atoms. The van der Waals surface area contributed by atoms with Gasteiger partial charge in [-0.3, -0.25) is 9.59 Å². The van der Waals surface area contributed by atoms with Crippen molar-refractivity contribution in [3.8, 4) is 0 Å². The molecule has 0 fully saturated rings. The lowest BCUT2D eigenvalue weighted by Crippen LogP contribution is -2.13. The number of carbonyl (C=O) groups excluding carboxylic acids is 2. The molecule has 2 aromatic carbocycles. The fourth-order valence-electron chi connectivity index (χ4n) is 2.82. The molecule has 6 heteroatoms. The van der Waals surface area contributed by atoms with E-state index in [9.17, 15) is 9.59 Å². The molecule has 0 radical (unpaired) electrons. The number of carbonyl (C=O) groups is 2. The van der Waals surface area contributed by atoms with Gasteiger partial charge < -0.3 is 16.0 Å². The first kappa shape index (κ1) is 20.1. The number of anilines is 4. The van der Waals surface area contributed by atoms with E-state index in [2.05, 4.69) is 46.9 Å². The van der Waals surface area contributed by atoms with Crippen LogP contribution < -0.4 is 16.0 Å². The molecule has 0 aliphatic carbocycles. The minimum absolute atomic E-state index is 0.167. The van der Waals surface area contributed by atoms with Crippen LogP contribution in [0.5, 0.6) is 0 Å². The maximum Gasteiger partial charge on any atom is 0.255 e. The summed E-state index contributed by atoms with van der Waals surface area (Å²) in [6.45, 7) is 5.74. The number of nitrogens with one attached hydrogen (secondary N) is 3. The van der Waals surface area contributed by atoms with Crippen molar-refractivity contribution in [2.75, 3.05) is 16.0 Å². The molecule has 3 rings (SSSR count). The van der Waals surface area contributed by atoms with Crippen LogP contribution in [0.1, 0.15) is 42.6 Å². The van der Waals surface area contributed by atoms with Gasteiger partial charge in [0.2, 0.25) is 5.91 Å². The van der Waals surface area contributed by atoms with Gasteiger partial charge in [0, 0.05) is 35.7 Å². The zero-order valence-corrected chi connectivity index (χ0v) is 16.7. The first-order chi connectivity index (χ1) is 13.9. The largest absolute Gasteiger partial charge is 0.340 e. The van der Waals surface area contributed by atoms with Crippen molar-refractivity contribution in [2.24, 2.45) is 0 Å². The summed E-state index contributed by atoms with van der Waals surface area (Å²) in [4.78, 5) is 28.1. The van der Waals surface area contributed by atoms with Crippen molar-refractivity contribution in [1.82, 2.24) is 4.98 Å². The quantitative estimate of drug-likeness (QED) is 0.545. The van der Waals surface area contributed by atoms with Crippen LogP contribution in [0.3, 0.4) is 0 Å². The fraction of sp³-hybridized carbons (Fsp3) is 0.174. The maximum atomic E-state index is 12.6. The molecule has 1 heterocycles. The third-order valence-corrected chi connectivity index (χ3v) is 4.31. The van der Waals surface area contributed by atoms with Crippen molar-refractivity contribution in [1.29, 1.82) is 0 Å². The van der Waals surface area contributed by atoms with Gasteiger partial charge in [-0.25, -0.2) is 4.98 Å². The molecule has 3 aromatic rings. The van der Waals surface area contributed by atoms with Gasteiger partial charge in [0.1, 0.15) is 5.82 Å². The molecule has 0 aliphatic rings. The highest BCUT2D eigenvalue weighted by molar-refractivity contribution is 6.05. The number of rotatable bonds is 6. The average molecular weight is 388 g/mol. The monoisotopic (exact) mass is 388 g/mol. The van der Waals surface area contributed by atoms with Gasteiger partial charge >= 0.3 is 0 Å². The molecule has 29 heavy (non-hydrogen) atoms. The molecule has 1 aromatic heterocycles. The lowest BCUT2D eigenvalue weighted by molar-refractivity contribution is -0.114. The molecule has 2 amide bonds. The molecule has 3 N–H and O–H groups in total. The molecule has 0 spiro atoms. The second-order valence-corrected chi connectivity index (χ2v) is 7.05. The highest BCUT2D eigenvalue weighted by Crippen LogP contribution is 2.21. The first-order valence-corrected chi connectivity index (χ1v) is 9.43. The molecular weight excluding hydrogens is 364 g/mol. The van der Waals surface area contributed by atoms with Gasteiger partial charge in [0.15, 0.2) is 0 Å². The summed E-state index contributed by atoms with van der Waals surface area (Å²) in [5, 5.41) is 8.75. The number of hydrogen-bond donors (Lipinski definition) is 3. The van der Waals surface area contributed by atoms with Gasteiger partial charge in [0.05, 0.1) is 0 Å². The van der Waals surface area contributed by atoms with Crippen LogP contribution in [-0.2, 0) is 4.79 Å². The normalized spacial score (nSPS) is 10.5. The van der Waals surface area contributed by atoms with Crippen LogP contribution in [0, 0.1) is 0 Å². The molecule has 0 saturated carbocycles. The van der Waals surface area contributed by atoms with E-state index in [4.69, 9.17) is 0 Å². The van der Waals surface area contributed by atoms with Gasteiger partial charge in [0.25, 0.3) is 5.91 Å². The molecule has 0 unspecified atom stereocenters. The van der Waals surface area contributed by atoms with Crippen molar-refractivity contribution in [2.45, 2.75) is 26.7 Å². The zero-order valence-electron chi connectivity index (χ0n) is 16.7. The lowest BCUT2D eigenvalue weighted by Gasteiger charge is -2.11. The van der Waals surface area contributed by atoms with E-state index >= 15 is 0 Å². The molecule has 0 aliphatic heterocycles. The maximum absolute atomic E-state index is 12.6. The molecule has 0 saturated heterocycles. The smallest absolute Gasteiger partial charge is 0.255 e. The predicted octanol–water partition coefficient (Wildman–Crippen LogP) is 5.16. The topological polar surface area (TPSA) is 83.1 Å². The number of nitrogens with zero attached hydrogens (tertiary/aromatic N) is 1. The second kappa shape index (κ2) is 9.01. The van der Waals surface area contributed by atoms with E-state index in [1.165, 1.54) is 12.5 Å². The Morgan fingerprint density at radius 1 is 0.862 bits per heavy atom. The first-order valence-electron chi connectivity index (χ1n) is 9.43. The molecular formula is C23H24N4O2. The minimum Gasteiger partial charge on any atom is -0.340 e. The Bertz CT molecular complexity index is 1010. The van der Waals surface area contributed by atoms with E-state index in [1.54, 1.807) is 42.6 Å². The molecule has 0 atom stereocenters. The third kappa shape index (κ3) is 5.65. The third-order valence-electron chi connectivity index (χ3n) is 4.31. The fourth-order valence-corrected chi connectivity index (χ4v) is 2.82. The Hall–Kier alpha value is -3.67. The van der Waals surface area contributed by atoms with Crippen molar-refractivity contribution < 1.29 is 9.59 Å². The SMILES string of the molecule is CC(=O)Nc1cccc(NC(=O)c2ccnc(Nc3ccc(C(C)C)cc3)c2)c1. The number of hydrogen-bond acceptors (Lipinski definition) is 4. The van der Waals surface area contributed by atoms with E-state index in [0.717, 1.165) is 5.69 Å². The zero-order chi connectivity index (χ0) is 20.8. The van der Waals surface area contributed by atoms with Crippen LogP contribution in [0.15, 0.2) is 66.9 Å². The van der Waals surface area contributed by atoms with Crippen LogP contribution in [-0.4, -0.2) is 16.8 Å². The van der Waals surface area contributed by atoms with Gasteiger partial charge in [-0.2, -0.15) is 0 Å². The summed E-state index contributed by atoms with van der Waals surface area (Å²) in [6, 6.07) is 18.5. The molecule has 148 valence electrons. The minimum atomic E-state index is -0.259. The Labute approximate surface area is 170 Å². The molecule has 6 nitrogen and oxygen atoms in total. The van der Waals surface area contributed by atoms with E-state index in [-0.39, 0.29) is 11.8 Å². The van der Waals surface area contributed by atoms with Crippen molar-refractivity contribution >= 4 is 34.7 Å². The average Bonchev–Trinajstić information content (AvgIpc) is 2.68. The van der Waals surface area contributed by atoms with Crippen LogP contribution in [0.4, 0.5) is 22.9 Å². The summed E-state index contributed by atoms with van der Waals surface area (Å²) >= 11 is 0. The predicted molar refractivity (Wildman–Crippen MR) is 117 cm³/mol. The Morgan fingerprint density at radius 2 is 1.55 bits per heavy atom. The Kier molecular flexibility index (Phi) is 6.24. The van der Waals surface area contributed by atoms with Gasteiger partial charge in [-0.1, -0.05) is 32.0 Å². The van der Waals surface area contributed by atoms with Crippen LogP contribution >= 0.6 is 0 Å². The highest BCUT2D eigenvalue weighted by Gasteiger charge is 2.09. The van der Waals surface area contributed by atoms with Gasteiger partial charge in [-0.05, 0) is 53.9 Å².